The molecular formula is C33H16N4S. The fraction of sp³-hybridized carbons (Fsp3) is 0. The number of aromatic nitrogens is 1. The number of hydrogen-bond acceptors (Lipinski definition) is 4. The van der Waals surface area contributed by atoms with Gasteiger partial charge in [0.15, 0.2) is 0 Å². The third kappa shape index (κ3) is 3.12. The minimum atomic E-state index is 0.566. The van der Waals surface area contributed by atoms with Crippen LogP contribution in [0, 0.1) is 34.0 Å². The largest absolute Gasteiger partial charge is 0.307 e. The Labute approximate surface area is 222 Å². The monoisotopic (exact) mass is 500 g/mol. The maximum absolute atomic E-state index is 10.2. The van der Waals surface area contributed by atoms with E-state index in [1.54, 1.807) is 11.3 Å². The molecule has 5 heteroatoms. The lowest BCUT2D eigenvalue weighted by molar-refractivity contribution is 1.17. The van der Waals surface area contributed by atoms with Gasteiger partial charge in [-0.3, -0.25) is 0 Å². The first-order valence-electron chi connectivity index (χ1n) is 12.0. The fourth-order valence-corrected chi connectivity index (χ4v) is 6.47. The number of hydrogen-bond donors (Lipinski definition) is 0. The molecule has 38 heavy (non-hydrogen) atoms. The number of rotatable bonds is 2. The topological polar surface area (TPSA) is 76.3 Å². The molecule has 5 aromatic carbocycles. The maximum Gasteiger partial charge on any atom is 0.101 e. The molecule has 2 aromatic heterocycles. The van der Waals surface area contributed by atoms with Gasteiger partial charge in [-0.2, -0.15) is 15.8 Å². The first-order valence-corrected chi connectivity index (χ1v) is 12.9. The van der Waals surface area contributed by atoms with Crippen molar-refractivity contribution in [2.45, 2.75) is 0 Å². The Balaban J connectivity index is 1.57. The van der Waals surface area contributed by atoms with Crippen LogP contribution in [0.15, 0.2) is 97.1 Å². The zero-order valence-electron chi connectivity index (χ0n) is 19.9. The Morgan fingerprint density at radius 3 is 2.03 bits per heavy atom. The summed E-state index contributed by atoms with van der Waals surface area (Å²) in [5.41, 5.74) is 6.45. The van der Waals surface area contributed by atoms with E-state index < -0.39 is 0 Å². The highest BCUT2D eigenvalue weighted by Gasteiger charge is 2.19. The Bertz CT molecular complexity index is 2230. The molecule has 0 aliphatic rings. The molecule has 0 bridgehead atoms. The predicted octanol–water partition coefficient (Wildman–Crippen LogP) is 8.43. The van der Waals surface area contributed by atoms with Crippen molar-refractivity contribution in [2.75, 3.05) is 0 Å². The highest BCUT2D eigenvalue weighted by molar-refractivity contribution is 7.25. The molecule has 0 unspecified atom stereocenters. The van der Waals surface area contributed by atoms with E-state index in [0.29, 0.717) is 16.7 Å². The van der Waals surface area contributed by atoms with Crippen molar-refractivity contribution in [1.29, 1.82) is 15.8 Å². The number of para-hydroxylation sites is 2. The van der Waals surface area contributed by atoms with Gasteiger partial charge in [0.1, 0.15) is 6.07 Å². The lowest BCUT2D eigenvalue weighted by Crippen LogP contribution is -2.00. The number of thiophene rings is 1. The first-order chi connectivity index (χ1) is 18.7. The Morgan fingerprint density at radius 1 is 0.553 bits per heavy atom. The zero-order valence-corrected chi connectivity index (χ0v) is 20.8. The van der Waals surface area contributed by atoms with Crippen molar-refractivity contribution in [1.82, 2.24) is 4.57 Å². The minimum Gasteiger partial charge on any atom is -0.307 e. The molecule has 0 radical (unpaired) electrons. The summed E-state index contributed by atoms with van der Waals surface area (Å²) in [5.74, 6) is 0. The van der Waals surface area contributed by atoms with E-state index >= 15 is 0 Å². The highest BCUT2D eigenvalue weighted by Crippen LogP contribution is 2.41. The van der Waals surface area contributed by atoms with Crippen LogP contribution in [0.1, 0.15) is 16.7 Å². The van der Waals surface area contributed by atoms with Gasteiger partial charge in [-0.05, 0) is 66.2 Å². The molecular weight excluding hydrogens is 484 g/mol. The van der Waals surface area contributed by atoms with E-state index in [-0.39, 0.29) is 0 Å². The molecule has 0 saturated heterocycles. The minimum absolute atomic E-state index is 0.566. The quantitative estimate of drug-likeness (QED) is 0.239. The molecule has 0 fully saturated rings. The SMILES string of the molecule is N#Cc1ccc2sc3ccc(-c4cccc(C#N)c4-n4c5ccccc5c5cc(C#N)ccc54)cc3c2c1. The normalized spacial score (nSPS) is 11.1. The first kappa shape index (κ1) is 21.8. The number of nitriles is 3. The Kier molecular flexibility index (Phi) is 4.78. The third-order valence-electron chi connectivity index (χ3n) is 7.09. The summed E-state index contributed by atoms with van der Waals surface area (Å²) in [6.07, 6.45) is 0. The average Bonchev–Trinajstić information content (AvgIpc) is 3.50. The molecule has 0 N–H and O–H groups in total. The van der Waals surface area contributed by atoms with E-state index in [1.165, 1.54) is 0 Å². The summed E-state index contributed by atoms with van der Waals surface area (Å²) in [7, 11) is 0. The van der Waals surface area contributed by atoms with Crippen LogP contribution in [0.3, 0.4) is 0 Å². The van der Waals surface area contributed by atoms with Gasteiger partial charge in [0, 0.05) is 36.5 Å². The number of nitrogens with zero attached hydrogens (tertiary/aromatic N) is 4. The van der Waals surface area contributed by atoms with E-state index in [1.807, 2.05) is 60.7 Å². The van der Waals surface area contributed by atoms with Crippen LogP contribution in [-0.4, -0.2) is 4.57 Å². The summed E-state index contributed by atoms with van der Waals surface area (Å²) >= 11 is 1.71. The lowest BCUT2D eigenvalue weighted by atomic mass is 9.98. The molecule has 0 atom stereocenters. The second-order valence-electron chi connectivity index (χ2n) is 9.15. The van der Waals surface area contributed by atoms with Crippen LogP contribution >= 0.6 is 11.3 Å². The summed E-state index contributed by atoms with van der Waals surface area (Å²) in [4.78, 5) is 0. The Hall–Kier alpha value is -5.41. The summed E-state index contributed by atoms with van der Waals surface area (Å²) in [5, 5.41) is 33.3. The molecule has 0 aliphatic heterocycles. The van der Waals surface area contributed by atoms with Crippen LogP contribution < -0.4 is 0 Å². The average molecular weight is 501 g/mol. The van der Waals surface area contributed by atoms with Crippen molar-refractivity contribution in [3.8, 4) is 35.0 Å². The molecule has 0 spiro atoms. The van der Waals surface area contributed by atoms with Crippen molar-refractivity contribution in [2.24, 2.45) is 0 Å². The van der Waals surface area contributed by atoms with Crippen molar-refractivity contribution in [3.63, 3.8) is 0 Å². The van der Waals surface area contributed by atoms with Gasteiger partial charge in [-0.15, -0.1) is 11.3 Å². The number of fused-ring (bicyclic) bond motifs is 6. The van der Waals surface area contributed by atoms with E-state index in [4.69, 9.17) is 0 Å². The van der Waals surface area contributed by atoms with Crippen LogP contribution in [0.4, 0.5) is 0 Å². The summed E-state index contributed by atoms with van der Waals surface area (Å²) < 4.78 is 4.43. The fourth-order valence-electron chi connectivity index (χ4n) is 5.41. The molecule has 0 aliphatic carbocycles. The van der Waals surface area contributed by atoms with Crippen LogP contribution in [0.25, 0.3) is 58.8 Å². The second-order valence-corrected chi connectivity index (χ2v) is 10.2. The smallest absolute Gasteiger partial charge is 0.101 e. The number of benzene rings is 5. The molecule has 0 amide bonds. The van der Waals surface area contributed by atoms with Crippen molar-refractivity contribution >= 4 is 53.3 Å². The lowest BCUT2D eigenvalue weighted by Gasteiger charge is -2.16. The van der Waals surface area contributed by atoms with Gasteiger partial charge in [0.05, 0.1) is 45.5 Å². The molecule has 2 heterocycles. The summed E-state index contributed by atoms with van der Waals surface area (Å²) in [6, 6.07) is 38.7. The van der Waals surface area contributed by atoms with Gasteiger partial charge < -0.3 is 4.57 Å². The van der Waals surface area contributed by atoms with Crippen LogP contribution in [0.5, 0.6) is 0 Å². The van der Waals surface area contributed by atoms with Crippen LogP contribution in [-0.2, 0) is 0 Å². The highest BCUT2D eigenvalue weighted by atomic mass is 32.1. The standard InChI is InChI=1S/C33H16N4S/c34-17-20-8-11-30-26(14-20)25-5-1-2-7-29(25)37(30)33-23(19-36)4-3-6-24(33)22-10-13-32-28(16-22)27-15-21(18-35)9-12-31(27)38-32/h1-16H. The molecule has 7 rings (SSSR count). The van der Waals surface area contributed by atoms with Gasteiger partial charge in [0.25, 0.3) is 0 Å². The van der Waals surface area contributed by atoms with E-state index in [9.17, 15) is 15.8 Å². The maximum atomic E-state index is 10.2. The Morgan fingerprint density at radius 2 is 1.24 bits per heavy atom. The zero-order chi connectivity index (χ0) is 25.8. The van der Waals surface area contributed by atoms with Crippen molar-refractivity contribution < 1.29 is 0 Å². The molecule has 0 saturated carbocycles. The van der Waals surface area contributed by atoms with E-state index in [0.717, 1.165) is 58.8 Å². The van der Waals surface area contributed by atoms with Crippen molar-refractivity contribution in [3.05, 3.63) is 114 Å². The molecule has 4 nitrogen and oxygen atoms in total. The van der Waals surface area contributed by atoms with Gasteiger partial charge in [-0.25, -0.2) is 0 Å². The second kappa shape index (κ2) is 8.32. The molecule has 174 valence electrons. The van der Waals surface area contributed by atoms with Crippen LogP contribution in [0.2, 0.25) is 0 Å². The predicted molar refractivity (Wildman–Crippen MR) is 153 cm³/mol. The van der Waals surface area contributed by atoms with Gasteiger partial charge in [-0.1, -0.05) is 36.4 Å². The summed E-state index contributed by atoms with van der Waals surface area (Å²) in [6.45, 7) is 0. The third-order valence-corrected chi connectivity index (χ3v) is 8.24. The van der Waals surface area contributed by atoms with E-state index in [2.05, 4.69) is 59.2 Å². The van der Waals surface area contributed by atoms with Gasteiger partial charge in [0.2, 0.25) is 0 Å². The van der Waals surface area contributed by atoms with Gasteiger partial charge >= 0.3 is 0 Å². The molecule has 7 aromatic rings.